The van der Waals surface area contributed by atoms with Crippen molar-refractivity contribution in [3.8, 4) is 0 Å². The van der Waals surface area contributed by atoms with Crippen molar-refractivity contribution < 1.29 is 14.9 Å². The maximum atomic E-state index is 11.2. The van der Waals surface area contributed by atoms with Crippen LogP contribution < -0.4 is 16.0 Å². The fourth-order valence-corrected chi connectivity index (χ4v) is 2.77. The molecule has 2 aliphatic rings. The molecule has 1 aromatic rings. The number of halogens is 1. The number of carbonyl (C=O) groups is 1. The molecule has 3 N–H and O–H groups in total. The first-order valence-electron chi connectivity index (χ1n) is 6.34. The van der Waals surface area contributed by atoms with Gasteiger partial charge in [0.15, 0.2) is 11.5 Å². The molecule has 2 heterocycles. The van der Waals surface area contributed by atoms with Crippen LogP contribution in [0.4, 0.5) is 11.5 Å². The van der Waals surface area contributed by atoms with E-state index in [9.17, 15) is 10.0 Å². The van der Waals surface area contributed by atoms with Gasteiger partial charge in [0, 0.05) is 5.92 Å². The summed E-state index contributed by atoms with van der Waals surface area (Å²) < 4.78 is 0. The fourth-order valence-electron chi connectivity index (χ4n) is 2.64. The fraction of sp³-hybridized carbons (Fsp3) is 0.545. The molecule has 0 aromatic carbocycles. The summed E-state index contributed by atoms with van der Waals surface area (Å²) in [5.74, 6) is 0.0721. The van der Waals surface area contributed by atoms with Crippen molar-refractivity contribution in [1.82, 2.24) is 9.97 Å². The minimum absolute atomic E-state index is 0.00691. The Balaban J connectivity index is 1.77. The minimum atomic E-state index is -0.264. The van der Waals surface area contributed by atoms with Crippen LogP contribution in [-0.4, -0.2) is 27.1 Å². The Morgan fingerprint density at radius 2 is 2.15 bits per heavy atom. The van der Waals surface area contributed by atoms with Gasteiger partial charge < -0.3 is 5.73 Å². The molecule has 1 fully saturated rings. The molecule has 8 nitrogen and oxygen atoms in total. The molecule has 0 bridgehead atoms. The molecule has 108 valence electrons. The molecule has 0 spiro atoms. The van der Waals surface area contributed by atoms with E-state index in [2.05, 4.69) is 9.97 Å². The second kappa shape index (κ2) is 5.04. The standard InChI is InChI=1S/C11H14ClN5O3/c12-11-14-5-8-10(15-11)16(20-17(8)19)7-3-1-6(2-4-7)9(13)18/h5-7,19H,1-4H2,(H2,13,18). The minimum Gasteiger partial charge on any atom is -0.369 e. The van der Waals surface area contributed by atoms with Gasteiger partial charge in [0.2, 0.25) is 11.2 Å². The molecule has 0 saturated heterocycles. The average Bonchev–Trinajstić information content (AvgIpc) is 2.75. The lowest BCUT2D eigenvalue weighted by Crippen LogP contribution is -2.40. The lowest BCUT2D eigenvalue weighted by Gasteiger charge is -2.32. The summed E-state index contributed by atoms with van der Waals surface area (Å²) >= 11 is 5.77. The van der Waals surface area contributed by atoms with E-state index < -0.39 is 0 Å². The molecular weight excluding hydrogens is 286 g/mol. The zero-order valence-corrected chi connectivity index (χ0v) is 11.3. The van der Waals surface area contributed by atoms with E-state index in [1.54, 1.807) is 0 Å². The van der Waals surface area contributed by atoms with Gasteiger partial charge in [-0.05, 0) is 37.3 Å². The number of hydrogen-bond donors (Lipinski definition) is 2. The Bertz CT molecular complexity index is 535. The third-order valence-corrected chi connectivity index (χ3v) is 3.91. The molecule has 1 saturated carbocycles. The van der Waals surface area contributed by atoms with Gasteiger partial charge in [-0.15, -0.1) is 4.94 Å². The van der Waals surface area contributed by atoms with Crippen LogP contribution in [0.2, 0.25) is 5.28 Å². The number of primary amides is 1. The normalized spacial score (nSPS) is 25.7. The topological polar surface area (TPSA) is 105 Å². The van der Waals surface area contributed by atoms with E-state index in [-0.39, 0.29) is 23.2 Å². The Morgan fingerprint density at radius 1 is 1.45 bits per heavy atom. The van der Waals surface area contributed by atoms with Gasteiger partial charge in [0.25, 0.3) is 0 Å². The zero-order valence-electron chi connectivity index (χ0n) is 10.6. The first kappa shape index (κ1) is 13.3. The van der Waals surface area contributed by atoms with Crippen LogP contribution in [0.15, 0.2) is 6.20 Å². The molecule has 1 amide bonds. The molecule has 0 atom stereocenters. The number of nitrogens with zero attached hydrogens (tertiary/aromatic N) is 4. The number of rotatable bonds is 2. The van der Waals surface area contributed by atoms with E-state index in [0.717, 1.165) is 12.8 Å². The van der Waals surface area contributed by atoms with Gasteiger partial charge in [-0.1, -0.05) is 5.23 Å². The third-order valence-electron chi connectivity index (χ3n) is 3.73. The summed E-state index contributed by atoms with van der Waals surface area (Å²) in [5.41, 5.74) is 5.65. The summed E-state index contributed by atoms with van der Waals surface area (Å²) in [6, 6.07) is 0.00691. The number of hydroxylamine groups is 1. The highest BCUT2D eigenvalue weighted by Crippen LogP contribution is 2.39. The summed E-state index contributed by atoms with van der Waals surface area (Å²) in [4.78, 5) is 24.3. The van der Waals surface area contributed by atoms with Crippen LogP contribution >= 0.6 is 11.6 Å². The predicted octanol–water partition coefficient (Wildman–Crippen LogP) is 1.04. The number of amides is 1. The second-order valence-corrected chi connectivity index (χ2v) is 5.27. The van der Waals surface area contributed by atoms with Crippen LogP contribution in [0.3, 0.4) is 0 Å². The SMILES string of the molecule is NC(=O)C1CCC(N2ON(O)c3cnc(Cl)nc32)CC1. The van der Waals surface area contributed by atoms with E-state index in [4.69, 9.17) is 22.3 Å². The molecule has 1 aromatic heterocycles. The molecule has 20 heavy (non-hydrogen) atoms. The Morgan fingerprint density at radius 3 is 2.80 bits per heavy atom. The predicted molar refractivity (Wildman–Crippen MR) is 69.8 cm³/mol. The van der Waals surface area contributed by atoms with Gasteiger partial charge in [0.05, 0.1) is 12.2 Å². The molecule has 0 radical (unpaired) electrons. The van der Waals surface area contributed by atoms with Gasteiger partial charge in [-0.3, -0.25) is 10.0 Å². The van der Waals surface area contributed by atoms with E-state index in [1.807, 2.05) is 0 Å². The first-order chi connectivity index (χ1) is 9.56. The van der Waals surface area contributed by atoms with Gasteiger partial charge in [-0.25, -0.2) is 10.0 Å². The monoisotopic (exact) mass is 299 g/mol. The lowest BCUT2D eigenvalue weighted by atomic mass is 9.85. The van der Waals surface area contributed by atoms with Crippen LogP contribution in [-0.2, 0) is 9.73 Å². The summed E-state index contributed by atoms with van der Waals surface area (Å²) in [5, 5.41) is 11.9. The van der Waals surface area contributed by atoms with Crippen LogP contribution in [0, 0.1) is 5.92 Å². The maximum absolute atomic E-state index is 11.2. The highest BCUT2D eigenvalue weighted by Gasteiger charge is 2.37. The number of fused-ring (bicyclic) bond motifs is 1. The highest BCUT2D eigenvalue weighted by molar-refractivity contribution is 6.28. The summed E-state index contributed by atoms with van der Waals surface area (Å²) in [7, 11) is 0. The van der Waals surface area contributed by atoms with E-state index in [1.165, 1.54) is 11.3 Å². The van der Waals surface area contributed by atoms with Crippen molar-refractivity contribution in [2.75, 3.05) is 10.3 Å². The lowest BCUT2D eigenvalue weighted by molar-refractivity contribution is -0.123. The van der Waals surface area contributed by atoms with E-state index >= 15 is 0 Å². The Labute approximate surface area is 120 Å². The summed E-state index contributed by atoms with van der Waals surface area (Å²) in [6.45, 7) is 0. The largest absolute Gasteiger partial charge is 0.369 e. The van der Waals surface area contributed by atoms with Crippen molar-refractivity contribution in [1.29, 1.82) is 0 Å². The number of carbonyl (C=O) groups excluding carboxylic acids is 1. The van der Waals surface area contributed by atoms with E-state index in [0.29, 0.717) is 29.6 Å². The molecule has 1 aliphatic carbocycles. The van der Waals surface area contributed by atoms with Gasteiger partial charge in [-0.2, -0.15) is 4.98 Å². The van der Waals surface area contributed by atoms with Crippen LogP contribution in [0.1, 0.15) is 25.7 Å². The molecule has 9 heteroatoms. The van der Waals surface area contributed by atoms with Crippen LogP contribution in [0.5, 0.6) is 0 Å². The molecule has 0 unspecified atom stereocenters. The van der Waals surface area contributed by atoms with Crippen LogP contribution in [0.25, 0.3) is 0 Å². The number of nitrogens with two attached hydrogens (primary N) is 1. The number of hydrogen-bond acceptors (Lipinski definition) is 7. The van der Waals surface area contributed by atoms with Gasteiger partial charge in [0.1, 0.15) is 0 Å². The molecular formula is C11H14ClN5O3. The maximum Gasteiger partial charge on any atom is 0.224 e. The average molecular weight is 300 g/mol. The van der Waals surface area contributed by atoms with Gasteiger partial charge >= 0.3 is 0 Å². The van der Waals surface area contributed by atoms with Crippen molar-refractivity contribution in [2.24, 2.45) is 11.7 Å². The van der Waals surface area contributed by atoms with Crippen molar-refractivity contribution >= 4 is 29.0 Å². The zero-order chi connectivity index (χ0) is 14.3. The molecule has 3 rings (SSSR count). The third kappa shape index (κ3) is 2.26. The molecule has 1 aliphatic heterocycles. The first-order valence-corrected chi connectivity index (χ1v) is 6.72. The quantitative estimate of drug-likeness (QED) is 0.786. The van der Waals surface area contributed by atoms with Crippen molar-refractivity contribution in [3.63, 3.8) is 0 Å². The Hall–Kier alpha value is -1.64. The van der Waals surface area contributed by atoms with Crippen molar-refractivity contribution in [3.05, 3.63) is 11.5 Å². The van der Waals surface area contributed by atoms with Crippen molar-refractivity contribution in [2.45, 2.75) is 31.7 Å². The Kier molecular flexibility index (Phi) is 3.36. The highest BCUT2D eigenvalue weighted by atomic mass is 35.5. The smallest absolute Gasteiger partial charge is 0.224 e. The second-order valence-electron chi connectivity index (χ2n) is 4.94. The number of aromatic nitrogens is 2. The number of anilines is 2. The summed E-state index contributed by atoms with van der Waals surface area (Å²) in [6.07, 6.45) is 4.23.